The van der Waals surface area contributed by atoms with Crippen LogP contribution in [0.3, 0.4) is 0 Å². The van der Waals surface area contributed by atoms with Crippen LogP contribution in [-0.4, -0.2) is 8.42 Å². The molecule has 0 spiro atoms. The van der Waals surface area contributed by atoms with Gasteiger partial charge in [-0.1, -0.05) is 60.2 Å². The number of ether oxygens (including phenoxy) is 1. The summed E-state index contributed by atoms with van der Waals surface area (Å²) in [5.41, 5.74) is 6.29. The van der Waals surface area contributed by atoms with Crippen molar-refractivity contribution < 1.29 is 13.2 Å². The molecule has 0 radical (unpaired) electrons. The van der Waals surface area contributed by atoms with Crippen LogP contribution >= 0.6 is 0 Å². The monoisotopic (exact) mass is 392 g/mol. The van der Waals surface area contributed by atoms with Crippen molar-refractivity contribution >= 4 is 15.7 Å². The first kappa shape index (κ1) is 18.3. The Balaban J connectivity index is 1.62. The molecule has 3 aromatic carbocycles. The molecule has 2 N–H and O–H groups in total. The van der Waals surface area contributed by atoms with Gasteiger partial charge >= 0.3 is 0 Å². The van der Waals surface area contributed by atoms with Gasteiger partial charge in [-0.05, 0) is 42.8 Å². The maximum atomic E-state index is 12.6. The van der Waals surface area contributed by atoms with Crippen molar-refractivity contribution in [3.05, 3.63) is 102 Å². The van der Waals surface area contributed by atoms with Crippen LogP contribution in [0.2, 0.25) is 0 Å². The van der Waals surface area contributed by atoms with Gasteiger partial charge in [0, 0.05) is 5.56 Å². The normalized spacial score (nSPS) is 15.9. The molecule has 5 nitrogen and oxygen atoms in total. The molecule has 3 aromatic rings. The summed E-state index contributed by atoms with van der Waals surface area (Å²) in [6.45, 7) is 1.91. The summed E-state index contributed by atoms with van der Waals surface area (Å²) in [6, 6.07) is 24.0. The van der Waals surface area contributed by atoms with Gasteiger partial charge in [-0.2, -0.15) is 0 Å². The second-order valence-corrected chi connectivity index (χ2v) is 8.25. The fraction of sp³-hybridized carbons (Fsp3) is 0.0909. The lowest BCUT2D eigenvalue weighted by Crippen LogP contribution is -2.37. The maximum Gasteiger partial charge on any atom is 0.257 e. The van der Waals surface area contributed by atoms with Gasteiger partial charge in [-0.3, -0.25) is 0 Å². The Kier molecular flexibility index (Phi) is 4.90. The fourth-order valence-corrected chi connectivity index (χ4v) is 3.87. The summed E-state index contributed by atoms with van der Waals surface area (Å²) in [5, 5.41) is 0. The average molecular weight is 392 g/mol. The quantitative estimate of drug-likeness (QED) is 0.645. The SMILES string of the molecule is Cc1ccc(S(=O)(=O)NNC2=C[C@@H](c3ccccc3)Oc3ccccc32)cc1. The van der Waals surface area contributed by atoms with Crippen molar-refractivity contribution in [2.45, 2.75) is 17.9 Å². The van der Waals surface area contributed by atoms with Crippen LogP contribution in [0.1, 0.15) is 22.8 Å². The third-order valence-corrected chi connectivity index (χ3v) is 5.79. The van der Waals surface area contributed by atoms with E-state index in [0.717, 1.165) is 16.7 Å². The number of hydrazine groups is 1. The summed E-state index contributed by atoms with van der Waals surface area (Å²) < 4.78 is 31.3. The van der Waals surface area contributed by atoms with Crippen LogP contribution in [0, 0.1) is 6.92 Å². The van der Waals surface area contributed by atoms with Crippen LogP contribution < -0.4 is 15.0 Å². The third kappa shape index (κ3) is 3.78. The number of sulfonamides is 1. The van der Waals surface area contributed by atoms with Gasteiger partial charge in [-0.25, -0.2) is 8.42 Å². The van der Waals surface area contributed by atoms with E-state index < -0.39 is 10.0 Å². The van der Waals surface area contributed by atoms with Crippen LogP contribution in [0.5, 0.6) is 5.75 Å². The van der Waals surface area contributed by atoms with Gasteiger partial charge < -0.3 is 10.2 Å². The van der Waals surface area contributed by atoms with Crippen molar-refractivity contribution in [1.29, 1.82) is 0 Å². The number of benzene rings is 3. The first-order valence-electron chi connectivity index (χ1n) is 8.90. The Morgan fingerprint density at radius 2 is 1.54 bits per heavy atom. The first-order chi connectivity index (χ1) is 13.5. The van der Waals surface area contributed by atoms with Crippen LogP contribution in [-0.2, 0) is 10.0 Å². The summed E-state index contributed by atoms with van der Waals surface area (Å²) in [4.78, 5) is 2.68. The molecule has 1 aliphatic rings. The van der Waals surface area contributed by atoms with E-state index in [4.69, 9.17) is 4.74 Å². The van der Waals surface area contributed by atoms with E-state index in [1.165, 1.54) is 0 Å². The molecule has 6 heteroatoms. The predicted molar refractivity (Wildman–Crippen MR) is 109 cm³/mol. The molecule has 0 unspecified atom stereocenters. The molecule has 0 aromatic heterocycles. The van der Waals surface area contributed by atoms with Gasteiger partial charge in [0.25, 0.3) is 10.0 Å². The highest BCUT2D eigenvalue weighted by molar-refractivity contribution is 7.89. The minimum Gasteiger partial charge on any atom is -0.481 e. The molecule has 4 rings (SSSR count). The number of nitrogens with one attached hydrogen (secondary N) is 2. The topological polar surface area (TPSA) is 67.4 Å². The zero-order valence-corrected chi connectivity index (χ0v) is 16.1. The Morgan fingerprint density at radius 3 is 2.29 bits per heavy atom. The van der Waals surface area contributed by atoms with Gasteiger partial charge in [0.05, 0.1) is 10.6 Å². The van der Waals surface area contributed by atoms with E-state index in [9.17, 15) is 8.42 Å². The van der Waals surface area contributed by atoms with Crippen molar-refractivity contribution in [1.82, 2.24) is 10.3 Å². The molecular formula is C22H20N2O3S. The van der Waals surface area contributed by atoms with Crippen LogP contribution in [0.25, 0.3) is 5.70 Å². The lowest BCUT2D eigenvalue weighted by Gasteiger charge is -2.26. The van der Waals surface area contributed by atoms with Crippen molar-refractivity contribution in [3.8, 4) is 5.75 Å². The molecule has 0 amide bonds. The predicted octanol–water partition coefficient (Wildman–Crippen LogP) is 3.95. The Morgan fingerprint density at radius 1 is 0.857 bits per heavy atom. The highest BCUT2D eigenvalue weighted by Crippen LogP contribution is 2.35. The molecule has 0 aliphatic carbocycles. The maximum absolute atomic E-state index is 12.6. The minimum absolute atomic E-state index is 0.200. The Bertz CT molecular complexity index is 1110. The molecule has 0 bridgehead atoms. The summed E-state index contributed by atoms with van der Waals surface area (Å²) in [7, 11) is -3.70. The molecule has 0 saturated heterocycles. The van der Waals surface area contributed by atoms with E-state index in [0.29, 0.717) is 11.4 Å². The summed E-state index contributed by atoms with van der Waals surface area (Å²) in [5.74, 6) is 0.691. The number of hydrogen-bond acceptors (Lipinski definition) is 4. The van der Waals surface area contributed by atoms with Crippen molar-refractivity contribution in [3.63, 3.8) is 0 Å². The second kappa shape index (κ2) is 7.50. The highest BCUT2D eigenvalue weighted by Gasteiger charge is 2.23. The number of aryl methyl sites for hydroxylation is 1. The number of para-hydroxylation sites is 1. The summed E-state index contributed by atoms with van der Waals surface area (Å²) >= 11 is 0. The molecule has 0 saturated carbocycles. The third-order valence-electron chi connectivity index (χ3n) is 4.53. The number of fused-ring (bicyclic) bond motifs is 1. The van der Waals surface area contributed by atoms with Gasteiger partial charge in [0.1, 0.15) is 11.9 Å². The van der Waals surface area contributed by atoms with Gasteiger partial charge in [-0.15, -0.1) is 4.83 Å². The molecule has 1 atom stereocenters. The lowest BCUT2D eigenvalue weighted by atomic mass is 10.0. The zero-order chi connectivity index (χ0) is 19.6. The van der Waals surface area contributed by atoms with Crippen LogP contribution in [0.4, 0.5) is 0 Å². The number of hydrogen-bond donors (Lipinski definition) is 2. The number of rotatable bonds is 5. The molecule has 142 valence electrons. The van der Waals surface area contributed by atoms with Gasteiger partial charge in [0.15, 0.2) is 0 Å². The zero-order valence-electron chi connectivity index (χ0n) is 15.3. The molecule has 1 heterocycles. The fourth-order valence-electron chi connectivity index (χ4n) is 3.02. The van der Waals surface area contributed by atoms with Crippen molar-refractivity contribution in [2.24, 2.45) is 0 Å². The highest BCUT2D eigenvalue weighted by atomic mass is 32.2. The smallest absolute Gasteiger partial charge is 0.257 e. The first-order valence-corrected chi connectivity index (χ1v) is 10.4. The summed E-state index contributed by atoms with van der Waals surface area (Å²) in [6.07, 6.45) is 1.55. The average Bonchev–Trinajstić information content (AvgIpc) is 2.73. The minimum atomic E-state index is -3.70. The van der Waals surface area contributed by atoms with E-state index >= 15 is 0 Å². The molecule has 0 fully saturated rings. The molecule has 28 heavy (non-hydrogen) atoms. The largest absolute Gasteiger partial charge is 0.481 e. The van der Waals surface area contributed by atoms with E-state index in [-0.39, 0.29) is 11.0 Å². The van der Waals surface area contributed by atoms with E-state index in [1.807, 2.05) is 67.6 Å². The standard InChI is InChI=1S/C22H20N2O3S/c1-16-11-13-18(14-12-16)28(25,26)24-23-20-15-22(17-7-3-2-4-8-17)27-21-10-6-5-9-19(20)21/h2-15,22-24H,1H3/t22-/m0/s1. The lowest BCUT2D eigenvalue weighted by molar-refractivity contribution is 0.249. The van der Waals surface area contributed by atoms with Crippen molar-refractivity contribution in [2.75, 3.05) is 0 Å². The van der Waals surface area contributed by atoms with Crippen LogP contribution in [0.15, 0.2) is 89.8 Å². The molecule has 1 aliphatic heterocycles. The van der Waals surface area contributed by atoms with E-state index in [2.05, 4.69) is 10.3 Å². The Hall–Kier alpha value is -3.09. The van der Waals surface area contributed by atoms with Gasteiger partial charge in [0.2, 0.25) is 0 Å². The molecular weight excluding hydrogens is 372 g/mol. The van der Waals surface area contributed by atoms with E-state index in [1.54, 1.807) is 24.3 Å². The second-order valence-electron chi connectivity index (χ2n) is 6.57. The Labute approximate surface area is 164 Å².